The van der Waals surface area contributed by atoms with Gasteiger partial charge in [-0.05, 0) is 48.9 Å². The normalized spacial score (nSPS) is 32.3. The Bertz CT molecular complexity index is 598. The van der Waals surface area contributed by atoms with Crippen molar-refractivity contribution in [1.29, 1.82) is 0 Å². The first-order chi connectivity index (χ1) is 9.22. The third-order valence-corrected chi connectivity index (χ3v) is 4.49. The molecule has 1 N–H and O–H groups in total. The highest BCUT2D eigenvalue weighted by molar-refractivity contribution is 6.30. The van der Waals surface area contributed by atoms with Gasteiger partial charge in [-0.25, -0.2) is 0 Å². The van der Waals surface area contributed by atoms with Crippen molar-refractivity contribution in [2.75, 3.05) is 0 Å². The number of fused-ring (bicyclic) bond motifs is 1. The Morgan fingerprint density at radius 3 is 2.47 bits per heavy atom. The molecule has 0 amide bonds. The van der Waals surface area contributed by atoms with E-state index >= 15 is 0 Å². The number of nitrogens with zero attached hydrogens (tertiary/aromatic N) is 2. The van der Waals surface area contributed by atoms with E-state index in [0.29, 0.717) is 34.6 Å². The fourth-order valence-corrected chi connectivity index (χ4v) is 3.38. The fraction of sp³-hybridized carbons (Fsp3) is 0.429. The van der Waals surface area contributed by atoms with Gasteiger partial charge in [0.15, 0.2) is 0 Å². The van der Waals surface area contributed by atoms with E-state index in [-0.39, 0.29) is 6.10 Å². The highest BCUT2D eigenvalue weighted by Crippen LogP contribution is 2.62. The van der Waals surface area contributed by atoms with E-state index in [1.807, 2.05) is 24.3 Å². The molecule has 4 rings (SSSR count). The zero-order chi connectivity index (χ0) is 13.0. The molecule has 0 aliphatic heterocycles. The van der Waals surface area contributed by atoms with Crippen LogP contribution >= 0.6 is 11.6 Å². The SMILES string of the molecule is OC1CC2C(C1)C2c1nnc(-c2ccc(Cl)cc2)o1. The van der Waals surface area contributed by atoms with Gasteiger partial charge in [0, 0.05) is 16.5 Å². The number of hydrogen-bond acceptors (Lipinski definition) is 4. The Morgan fingerprint density at radius 1 is 1.11 bits per heavy atom. The second-order valence-electron chi connectivity index (χ2n) is 5.43. The number of aromatic nitrogens is 2. The maximum absolute atomic E-state index is 9.52. The predicted octanol–water partition coefficient (Wildman–Crippen LogP) is 2.87. The molecular formula is C14H13ClN2O2. The van der Waals surface area contributed by atoms with Crippen LogP contribution in [0, 0.1) is 11.8 Å². The highest BCUT2D eigenvalue weighted by Gasteiger charge is 2.58. The Balaban J connectivity index is 1.56. The van der Waals surface area contributed by atoms with Crippen molar-refractivity contribution in [1.82, 2.24) is 10.2 Å². The largest absolute Gasteiger partial charge is 0.420 e. The molecule has 2 saturated carbocycles. The Hall–Kier alpha value is -1.39. The van der Waals surface area contributed by atoms with Crippen molar-refractivity contribution in [2.45, 2.75) is 24.9 Å². The summed E-state index contributed by atoms with van der Waals surface area (Å²) in [5, 5.41) is 18.5. The zero-order valence-corrected chi connectivity index (χ0v) is 10.9. The topological polar surface area (TPSA) is 59.2 Å². The average molecular weight is 277 g/mol. The molecule has 2 unspecified atom stereocenters. The van der Waals surface area contributed by atoms with Crippen LogP contribution in [0.2, 0.25) is 5.02 Å². The number of aliphatic hydroxyl groups is 1. The second-order valence-corrected chi connectivity index (χ2v) is 5.87. The van der Waals surface area contributed by atoms with Gasteiger partial charge in [-0.3, -0.25) is 0 Å². The number of benzene rings is 1. The first-order valence-electron chi connectivity index (χ1n) is 6.50. The van der Waals surface area contributed by atoms with Crippen LogP contribution in [0.4, 0.5) is 0 Å². The molecule has 5 heteroatoms. The molecule has 0 spiro atoms. The van der Waals surface area contributed by atoms with Gasteiger partial charge in [0.1, 0.15) is 0 Å². The molecule has 98 valence electrons. The Kier molecular flexibility index (Phi) is 2.44. The summed E-state index contributed by atoms with van der Waals surface area (Å²) in [7, 11) is 0. The minimum Gasteiger partial charge on any atom is -0.420 e. The minimum absolute atomic E-state index is 0.134. The van der Waals surface area contributed by atoms with Crippen LogP contribution in [0.1, 0.15) is 24.7 Å². The van der Waals surface area contributed by atoms with E-state index in [1.54, 1.807) is 0 Å². The standard InChI is InChI=1S/C14H13ClN2O2/c15-8-3-1-7(2-4-8)13-16-17-14(19-13)12-10-5-9(18)6-11(10)12/h1-4,9-12,18H,5-6H2. The van der Waals surface area contributed by atoms with Crippen molar-refractivity contribution < 1.29 is 9.52 Å². The molecule has 4 nitrogen and oxygen atoms in total. The summed E-state index contributed by atoms with van der Waals surface area (Å²) in [5.41, 5.74) is 0.883. The summed E-state index contributed by atoms with van der Waals surface area (Å²) in [6.45, 7) is 0. The van der Waals surface area contributed by atoms with Crippen LogP contribution < -0.4 is 0 Å². The molecule has 0 bridgehead atoms. The van der Waals surface area contributed by atoms with E-state index in [0.717, 1.165) is 18.4 Å². The third-order valence-electron chi connectivity index (χ3n) is 4.24. The van der Waals surface area contributed by atoms with E-state index in [2.05, 4.69) is 10.2 Å². The monoisotopic (exact) mass is 276 g/mol. The summed E-state index contributed by atoms with van der Waals surface area (Å²) in [5.74, 6) is 2.68. The van der Waals surface area contributed by atoms with Gasteiger partial charge in [0.2, 0.25) is 11.8 Å². The molecule has 1 aromatic carbocycles. The summed E-state index contributed by atoms with van der Waals surface area (Å²) in [4.78, 5) is 0. The predicted molar refractivity (Wildman–Crippen MR) is 69.7 cm³/mol. The van der Waals surface area contributed by atoms with Crippen LogP contribution in [0.25, 0.3) is 11.5 Å². The summed E-state index contributed by atoms with van der Waals surface area (Å²) in [6.07, 6.45) is 1.60. The van der Waals surface area contributed by atoms with Gasteiger partial charge >= 0.3 is 0 Å². The first kappa shape index (κ1) is 11.4. The van der Waals surface area contributed by atoms with Crippen molar-refractivity contribution >= 4 is 11.6 Å². The van der Waals surface area contributed by atoms with Gasteiger partial charge in [0.25, 0.3) is 0 Å². The number of halogens is 1. The van der Waals surface area contributed by atoms with Crippen molar-refractivity contribution in [3.63, 3.8) is 0 Å². The van der Waals surface area contributed by atoms with Gasteiger partial charge < -0.3 is 9.52 Å². The lowest BCUT2D eigenvalue weighted by Crippen LogP contribution is -2.04. The summed E-state index contributed by atoms with van der Waals surface area (Å²) >= 11 is 5.85. The molecule has 2 aromatic rings. The fourth-order valence-electron chi connectivity index (χ4n) is 3.26. The molecule has 0 saturated heterocycles. The maximum Gasteiger partial charge on any atom is 0.247 e. The lowest BCUT2D eigenvalue weighted by atomic mass is 10.1. The first-order valence-corrected chi connectivity index (χ1v) is 6.87. The molecule has 0 radical (unpaired) electrons. The molecule has 2 aliphatic rings. The van der Waals surface area contributed by atoms with E-state index in [9.17, 15) is 5.11 Å². The number of rotatable bonds is 2. The molecule has 19 heavy (non-hydrogen) atoms. The highest BCUT2D eigenvalue weighted by atomic mass is 35.5. The van der Waals surface area contributed by atoms with Gasteiger partial charge in [-0.15, -0.1) is 10.2 Å². The Labute approximate surface area is 115 Å². The molecule has 2 atom stereocenters. The van der Waals surface area contributed by atoms with Crippen molar-refractivity contribution in [3.8, 4) is 11.5 Å². The maximum atomic E-state index is 9.52. The van der Waals surface area contributed by atoms with Crippen LogP contribution in [-0.2, 0) is 0 Å². The molecule has 2 fully saturated rings. The minimum atomic E-state index is -0.134. The summed E-state index contributed by atoms with van der Waals surface area (Å²) < 4.78 is 5.76. The van der Waals surface area contributed by atoms with Crippen LogP contribution in [0.3, 0.4) is 0 Å². The van der Waals surface area contributed by atoms with Gasteiger partial charge in [0.05, 0.1) is 6.10 Å². The molecule has 1 aromatic heterocycles. The molecular weight excluding hydrogens is 264 g/mol. The average Bonchev–Trinajstić information content (AvgIpc) is 2.82. The number of aliphatic hydroxyl groups excluding tert-OH is 1. The van der Waals surface area contributed by atoms with Crippen LogP contribution in [0.5, 0.6) is 0 Å². The van der Waals surface area contributed by atoms with Crippen molar-refractivity contribution in [3.05, 3.63) is 35.2 Å². The Morgan fingerprint density at radius 2 is 1.79 bits per heavy atom. The van der Waals surface area contributed by atoms with Crippen molar-refractivity contribution in [2.24, 2.45) is 11.8 Å². The quantitative estimate of drug-likeness (QED) is 0.916. The van der Waals surface area contributed by atoms with E-state index < -0.39 is 0 Å². The third kappa shape index (κ3) is 1.86. The lowest BCUT2D eigenvalue weighted by molar-refractivity contribution is 0.164. The van der Waals surface area contributed by atoms with Gasteiger partial charge in [-0.2, -0.15) is 0 Å². The van der Waals surface area contributed by atoms with Crippen LogP contribution in [-0.4, -0.2) is 21.4 Å². The molecule has 2 aliphatic carbocycles. The molecule has 1 heterocycles. The van der Waals surface area contributed by atoms with Gasteiger partial charge in [-0.1, -0.05) is 11.6 Å². The van der Waals surface area contributed by atoms with E-state index in [1.165, 1.54) is 0 Å². The zero-order valence-electron chi connectivity index (χ0n) is 10.2. The second kappa shape index (κ2) is 4.05. The number of hydrogen-bond donors (Lipinski definition) is 1. The van der Waals surface area contributed by atoms with E-state index in [4.69, 9.17) is 16.0 Å². The lowest BCUT2D eigenvalue weighted by Gasteiger charge is -2.04. The van der Waals surface area contributed by atoms with Crippen LogP contribution in [0.15, 0.2) is 28.7 Å². The summed E-state index contributed by atoms with van der Waals surface area (Å²) in [6, 6.07) is 7.36. The smallest absolute Gasteiger partial charge is 0.247 e.